The molecule has 158 valence electrons. The number of guanidine groups is 1. The molecule has 0 spiro atoms. The van der Waals surface area contributed by atoms with Gasteiger partial charge in [-0.15, -0.1) is 24.0 Å². The summed E-state index contributed by atoms with van der Waals surface area (Å²) in [6.45, 7) is 4.22. The van der Waals surface area contributed by atoms with Gasteiger partial charge in [-0.2, -0.15) is 0 Å². The molecular formula is C22H29FIN3O2. The standard InChI is InChI=1S/C22H28FN3O2.HI/c1-16-14-26(15-21(28-16)18-8-10-19(23)11-9-18)22(24-2)25-13-12-17-6-4-5-7-20(17)27-3;/h4-11,16,21H,12-15H2,1-3H3,(H,24,25);1H. The molecule has 1 saturated heterocycles. The zero-order valence-corrected chi connectivity index (χ0v) is 19.4. The molecule has 2 atom stereocenters. The third kappa shape index (κ3) is 6.30. The van der Waals surface area contributed by atoms with Crippen LogP contribution < -0.4 is 10.1 Å². The van der Waals surface area contributed by atoms with E-state index in [-0.39, 0.29) is 42.0 Å². The van der Waals surface area contributed by atoms with Gasteiger partial charge in [0.05, 0.1) is 19.8 Å². The number of methoxy groups -OCH3 is 1. The molecule has 1 aliphatic rings. The Morgan fingerprint density at radius 1 is 1.21 bits per heavy atom. The molecule has 29 heavy (non-hydrogen) atoms. The van der Waals surface area contributed by atoms with Gasteiger partial charge < -0.3 is 19.7 Å². The summed E-state index contributed by atoms with van der Waals surface area (Å²) in [5.74, 6) is 1.51. The smallest absolute Gasteiger partial charge is 0.193 e. The lowest BCUT2D eigenvalue weighted by atomic mass is 10.1. The highest BCUT2D eigenvalue weighted by Gasteiger charge is 2.28. The molecule has 0 saturated carbocycles. The second-order valence-electron chi connectivity index (χ2n) is 6.93. The van der Waals surface area contributed by atoms with Gasteiger partial charge >= 0.3 is 0 Å². The largest absolute Gasteiger partial charge is 0.496 e. The van der Waals surface area contributed by atoms with Crippen molar-refractivity contribution in [3.8, 4) is 5.75 Å². The molecule has 0 aromatic heterocycles. The van der Waals surface area contributed by atoms with Crippen LogP contribution >= 0.6 is 24.0 Å². The van der Waals surface area contributed by atoms with Gasteiger partial charge in [-0.05, 0) is 42.7 Å². The highest BCUT2D eigenvalue weighted by molar-refractivity contribution is 14.0. The van der Waals surface area contributed by atoms with Crippen molar-refractivity contribution in [2.24, 2.45) is 4.99 Å². The van der Waals surface area contributed by atoms with E-state index in [2.05, 4.69) is 21.3 Å². The highest BCUT2D eigenvalue weighted by Crippen LogP contribution is 2.25. The van der Waals surface area contributed by atoms with Crippen molar-refractivity contribution in [2.45, 2.75) is 25.6 Å². The third-order valence-corrected chi connectivity index (χ3v) is 4.88. The number of nitrogens with zero attached hydrogens (tertiary/aromatic N) is 2. The molecule has 7 heteroatoms. The van der Waals surface area contributed by atoms with Crippen LogP contribution in [-0.2, 0) is 11.2 Å². The monoisotopic (exact) mass is 513 g/mol. The van der Waals surface area contributed by atoms with Gasteiger partial charge in [0.1, 0.15) is 17.7 Å². The number of hydrogen-bond acceptors (Lipinski definition) is 3. The van der Waals surface area contributed by atoms with E-state index < -0.39 is 0 Å². The van der Waals surface area contributed by atoms with Crippen molar-refractivity contribution in [3.05, 3.63) is 65.5 Å². The quantitative estimate of drug-likeness (QED) is 0.373. The van der Waals surface area contributed by atoms with Crippen LogP contribution in [0.25, 0.3) is 0 Å². The molecule has 3 rings (SSSR count). The fourth-order valence-corrected chi connectivity index (χ4v) is 3.54. The van der Waals surface area contributed by atoms with Gasteiger partial charge in [0, 0.05) is 20.1 Å². The third-order valence-electron chi connectivity index (χ3n) is 4.88. The summed E-state index contributed by atoms with van der Waals surface area (Å²) in [4.78, 5) is 6.65. The average molecular weight is 513 g/mol. The molecule has 5 nitrogen and oxygen atoms in total. The Morgan fingerprint density at radius 2 is 1.93 bits per heavy atom. The predicted molar refractivity (Wildman–Crippen MR) is 125 cm³/mol. The summed E-state index contributed by atoms with van der Waals surface area (Å²) in [5.41, 5.74) is 2.13. The topological polar surface area (TPSA) is 46.1 Å². The maximum absolute atomic E-state index is 13.2. The summed E-state index contributed by atoms with van der Waals surface area (Å²) in [7, 11) is 3.48. The predicted octanol–water partition coefficient (Wildman–Crippen LogP) is 4.03. The van der Waals surface area contributed by atoms with Crippen LogP contribution in [0.2, 0.25) is 0 Å². The van der Waals surface area contributed by atoms with Crippen LogP contribution in [0, 0.1) is 5.82 Å². The molecule has 0 aliphatic carbocycles. The number of morpholine rings is 1. The molecule has 0 bridgehead atoms. The summed E-state index contributed by atoms with van der Waals surface area (Å²) in [5, 5.41) is 3.45. The lowest BCUT2D eigenvalue weighted by Crippen LogP contribution is -2.51. The highest BCUT2D eigenvalue weighted by atomic mass is 127. The van der Waals surface area contributed by atoms with Crippen LogP contribution in [0.15, 0.2) is 53.5 Å². The number of rotatable bonds is 5. The SMILES string of the molecule is CN=C(NCCc1ccccc1OC)N1CC(C)OC(c2ccc(F)cc2)C1.I. The second kappa shape index (κ2) is 11.3. The van der Waals surface area contributed by atoms with Crippen LogP contribution in [0.3, 0.4) is 0 Å². The fourth-order valence-electron chi connectivity index (χ4n) is 3.54. The van der Waals surface area contributed by atoms with Gasteiger partial charge in [-0.1, -0.05) is 30.3 Å². The van der Waals surface area contributed by atoms with Gasteiger partial charge in [0.15, 0.2) is 5.96 Å². The maximum Gasteiger partial charge on any atom is 0.193 e. The number of benzene rings is 2. The number of ether oxygens (including phenoxy) is 2. The van der Waals surface area contributed by atoms with E-state index in [1.165, 1.54) is 12.1 Å². The Bertz CT molecular complexity index is 801. The number of nitrogens with one attached hydrogen (secondary N) is 1. The molecule has 2 aromatic rings. The Labute approximate surface area is 189 Å². The van der Waals surface area contributed by atoms with Crippen molar-refractivity contribution >= 4 is 29.9 Å². The van der Waals surface area contributed by atoms with Crippen LogP contribution in [-0.4, -0.2) is 50.8 Å². The summed E-state index contributed by atoms with van der Waals surface area (Å²) in [6.07, 6.45) is 0.776. The van der Waals surface area contributed by atoms with E-state index in [0.29, 0.717) is 6.54 Å². The minimum atomic E-state index is -0.238. The van der Waals surface area contributed by atoms with E-state index in [1.54, 1.807) is 26.3 Å². The summed E-state index contributed by atoms with van der Waals surface area (Å²) >= 11 is 0. The first-order valence-electron chi connectivity index (χ1n) is 9.59. The molecule has 2 aromatic carbocycles. The first-order valence-corrected chi connectivity index (χ1v) is 9.59. The molecule has 1 fully saturated rings. The van der Waals surface area contributed by atoms with E-state index >= 15 is 0 Å². The lowest BCUT2D eigenvalue weighted by molar-refractivity contribution is -0.0604. The van der Waals surface area contributed by atoms with Crippen molar-refractivity contribution in [1.82, 2.24) is 10.2 Å². The van der Waals surface area contributed by atoms with E-state index in [4.69, 9.17) is 9.47 Å². The number of para-hydroxylation sites is 1. The maximum atomic E-state index is 13.2. The first-order chi connectivity index (χ1) is 13.6. The minimum absolute atomic E-state index is 0. The van der Waals surface area contributed by atoms with Crippen molar-refractivity contribution in [1.29, 1.82) is 0 Å². The lowest BCUT2D eigenvalue weighted by Gasteiger charge is -2.38. The Kier molecular flexibility index (Phi) is 9.16. The molecule has 2 unspecified atom stereocenters. The number of halogens is 2. The van der Waals surface area contributed by atoms with Crippen molar-refractivity contribution in [2.75, 3.05) is 33.8 Å². The van der Waals surface area contributed by atoms with Gasteiger partial charge in [0.25, 0.3) is 0 Å². The van der Waals surface area contributed by atoms with E-state index in [0.717, 1.165) is 42.3 Å². The molecule has 1 N–H and O–H groups in total. The average Bonchev–Trinajstić information content (AvgIpc) is 2.71. The zero-order valence-electron chi connectivity index (χ0n) is 17.1. The molecule has 0 amide bonds. The molecular weight excluding hydrogens is 484 g/mol. The Balaban J connectivity index is 0.00000300. The summed E-state index contributed by atoms with van der Waals surface area (Å²) in [6, 6.07) is 14.6. The second-order valence-corrected chi connectivity index (χ2v) is 6.93. The molecule has 0 radical (unpaired) electrons. The fraction of sp³-hybridized carbons (Fsp3) is 0.409. The molecule has 1 heterocycles. The van der Waals surface area contributed by atoms with E-state index in [9.17, 15) is 4.39 Å². The normalized spacial score (nSPS) is 19.4. The zero-order chi connectivity index (χ0) is 19.9. The van der Waals surface area contributed by atoms with Gasteiger partial charge in [-0.3, -0.25) is 4.99 Å². The Hall–Kier alpha value is -1.87. The molecule has 1 aliphatic heterocycles. The number of aliphatic imine (C=N–C) groups is 1. The van der Waals surface area contributed by atoms with Crippen LogP contribution in [0.5, 0.6) is 5.75 Å². The van der Waals surface area contributed by atoms with Gasteiger partial charge in [0.2, 0.25) is 0 Å². The van der Waals surface area contributed by atoms with Crippen molar-refractivity contribution < 1.29 is 13.9 Å². The van der Waals surface area contributed by atoms with E-state index in [1.807, 2.05) is 25.1 Å². The van der Waals surface area contributed by atoms with Crippen LogP contribution in [0.1, 0.15) is 24.2 Å². The summed E-state index contributed by atoms with van der Waals surface area (Å²) < 4.78 is 24.7. The van der Waals surface area contributed by atoms with Crippen LogP contribution in [0.4, 0.5) is 4.39 Å². The Morgan fingerprint density at radius 3 is 2.62 bits per heavy atom. The van der Waals surface area contributed by atoms with Crippen molar-refractivity contribution in [3.63, 3.8) is 0 Å². The number of hydrogen-bond donors (Lipinski definition) is 1. The minimum Gasteiger partial charge on any atom is -0.496 e. The first kappa shape index (κ1) is 23.4. The van der Waals surface area contributed by atoms with Gasteiger partial charge in [-0.25, -0.2) is 4.39 Å².